The second kappa shape index (κ2) is 7.26. The Morgan fingerprint density at radius 3 is 2.26 bits per heavy atom. The first-order valence-electron chi connectivity index (χ1n) is 8.46. The summed E-state index contributed by atoms with van der Waals surface area (Å²) in [5.74, 6) is 0.797. The van der Waals surface area contributed by atoms with Gasteiger partial charge in [-0.25, -0.2) is 9.78 Å². The van der Waals surface area contributed by atoms with Gasteiger partial charge in [-0.05, 0) is 29.3 Å². The molecular weight excluding hydrogens is 364 g/mol. The molecule has 4 rings (SSSR count). The topological polar surface area (TPSA) is 96.8 Å². The minimum atomic E-state index is -0.306. The molecule has 0 fully saturated rings. The highest BCUT2D eigenvalue weighted by molar-refractivity contribution is 6.33. The number of imidazole rings is 1. The van der Waals surface area contributed by atoms with Crippen LogP contribution in [0, 0.1) is 0 Å². The first-order valence-corrected chi connectivity index (χ1v) is 8.84. The maximum atomic E-state index is 11.4. The van der Waals surface area contributed by atoms with Crippen molar-refractivity contribution >= 4 is 22.8 Å². The van der Waals surface area contributed by atoms with E-state index in [2.05, 4.69) is 15.0 Å². The SMILES string of the molecule is NCCOc1ccc(-c2ccc(-c3nc4[nH]c(=O)[nH]c4cc3Cl)cc2)cc1. The van der Waals surface area contributed by atoms with Gasteiger partial charge in [-0.2, -0.15) is 0 Å². The number of halogens is 1. The summed E-state index contributed by atoms with van der Waals surface area (Å²) in [6.07, 6.45) is 0. The number of aromatic amines is 2. The summed E-state index contributed by atoms with van der Waals surface area (Å²) in [6.45, 7) is 0.987. The normalized spacial score (nSPS) is 11.0. The van der Waals surface area contributed by atoms with Gasteiger partial charge in [-0.3, -0.25) is 4.98 Å². The van der Waals surface area contributed by atoms with E-state index in [1.807, 2.05) is 48.5 Å². The van der Waals surface area contributed by atoms with Crippen molar-refractivity contribution < 1.29 is 4.74 Å². The average Bonchev–Trinajstić information content (AvgIpc) is 3.05. The zero-order valence-corrected chi connectivity index (χ0v) is 15.1. The predicted molar refractivity (Wildman–Crippen MR) is 107 cm³/mol. The largest absolute Gasteiger partial charge is 0.492 e. The number of pyridine rings is 1. The quantitative estimate of drug-likeness (QED) is 0.493. The lowest BCUT2D eigenvalue weighted by atomic mass is 10.0. The average molecular weight is 381 g/mol. The molecule has 0 aliphatic heterocycles. The van der Waals surface area contributed by atoms with Crippen molar-refractivity contribution in [2.24, 2.45) is 5.73 Å². The summed E-state index contributed by atoms with van der Waals surface area (Å²) in [7, 11) is 0. The van der Waals surface area contributed by atoms with Crippen molar-refractivity contribution in [2.45, 2.75) is 0 Å². The lowest BCUT2D eigenvalue weighted by Crippen LogP contribution is -2.10. The molecule has 0 aliphatic carbocycles. The van der Waals surface area contributed by atoms with Crippen LogP contribution in [0.3, 0.4) is 0 Å². The standard InChI is InChI=1S/C20H17ClN4O2/c21-16-11-17-19(25-20(26)23-17)24-18(16)14-3-1-12(2-4-14)13-5-7-15(8-6-13)27-10-9-22/h1-8,11H,9-10,22H2,(H2,23,24,25,26). The third kappa shape index (κ3) is 3.58. The van der Waals surface area contributed by atoms with Gasteiger partial charge in [-0.15, -0.1) is 0 Å². The Morgan fingerprint density at radius 1 is 0.963 bits per heavy atom. The first-order chi connectivity index (χ1) is 13.1. The molecule has 136 valence electrons. The van der Waals surface area contributed by atoms with Crippen LogP contribution in [0.15, 0.2) is 59.4 Å². The fourth-order valence-corrected chi connectivity index (χ4v) is 3.14. The molecule has 0 unspecified atom stereocenters. The Balaban J connectivity index is 1.62. The van der Waals surface area contributed by atoms with E-state index in [0.29, 0.717) is 35.0 Å². The second-order valence-electron chi connectivity index (χ2n) is 6.03. The molecule has 27 heavy (non-hydrogen) atoms. The van der Waals surface area contributed by atoms with Crippen LogP contribution in [0.1, 0.15) is 0 Å². The van der Waals surface area contributed by atoms with Crippen LogP contribution in [-0.4, -0.2) is 28.1 Å². The van der Waals surface area contributed by atoms with E-state index in [4.69, 9.17) is 22.1 Å². The molecule has 4 N–H and O–H groups in total. The number of rotatable bonds is 5. The van der Waals surface area contributed by atoms with Crippen molar-refractivity contribution in [3.05, 3.63) is 70.1 Å². The Morgan fingerprint density at radius 2 is 1.59 bits per heavy atom. The number of nitrogens with one attached hydrogen (secondary N) is 2. The van der Waals surface area contributed by atoms with Crippen LogP contribution in [0.2, 0.25) is 5.02 Å². The highest BCUT2D eigenvalue weighted by Crippen LogP contribution is 2.30. The summed E-state index contributed by atoms with van der Waals surface area (Å²) in [6, 6.07) is 17.5. The molecule has 0 bridgehead atoms. The van der Waals surface area contributed by atoms with Gasteiger partial charge < -0.3 is 15.5 Å². The zero-order valence-electron chi connectivity index (χ0n) is 14.3. The lowest BCUT2D eigenvalue weighted by molar-refractivity contribution is 0.328. The van der Waals surface area contributed by atoms with Crippen LogP contribution in [-0.2, 0) is 0 Å². The van der Waals surface area contributed by atoms with E-state index in [-0.39, 0.29) is 5.69 Å². The number of nitrogens with zero attached hydrogens (tertiary/aromatic N) is 1. The molecular formula is C20H17ClN4O2. The number of hydrogen-bond donors (Lipinski definition) is 3. The summed E-state index contributed by atoms with van der Waals surface area (Å²) < 4.78 is 5.50. The van der Waals surface area contributed by atoms with Crippen molar-refractivity contribution in [1.29, 1.82) is 0 Å². The lowest BCUT2D eigenvalue weighted by Gasteiger charge is -2.08. The predicted octanol–water partition coefficient (Wildman–Crippen LogP) is 3.58. The van der Waals surface area contributed by atoms with Gasteiger partial charge in [0.25, 0.3) is 0 Å². The van der Waals surface area contributed by atoms with Gasteiger partial charge in [0.2, 0.25) is 0 Å². The Bertz CT molecular complexity index is 1130. The van der Waals surface area contributed by atoms with E-state index in [9.17, 15) is 4.79 Å². The molecule has 4 aromatic rings. The molecule has 0 atom stereocenters. The van der Waals surface area contributed by atoms with E-state index in [1.165, 1.54) is 0 Å². The van der Waals surface area contributed by atoms with Gasteiger partial charge in [-0.1, -0.05) is 48.0 Å². The summed E-state index contributed by atoms with van der Waals surface area (Å²) >= 11 is 6.34. The number of hydrogen-bond acceptors (Lipinski definition) is 4. The minimum Gasteiger partial charge on any atom is -0.492 e. The molecule has 0 amide bonds. The zero-order chi connectivity index (χ0) is 18.8. The van der Waals surface area contributed by atoms with E-state index in [1.54, 1.807) is 6.07 Å². The van der Waals surface area contributed by atoms with Crippen molar-refractivity contribution in [3.63, 3.8) is 0 Å². The summed E-state index contributed by atoms with van der Waals surface area (Å²) in [5, 5.41) is 0.479. The fraction of sp³-hybridized carbons (Fsp3) is 0.100. The molecule has 0 saturated carbocycles. The molecule has 0 radical (unpaired) electrons. The minimum absolute atomic E-state index is 0.306. The van der Waals surface area contributed by atoms with Crippen molar-refractivity contribution in [2.75, 3.05) is 13.2 Å². The smallest absolute Gasteiger partial charge is 0.325 e. The number of aromatic nitrogens is 3. The number of benzene rings is 2. The van der Waals surface area contributed by atoms with Crippen LogP contribution in [0.4, 0.5) is 0 Å². The Labute approximate surface area is 160 Å². The third-order valence-corrected chi connectivity index (χ3v) is 4.48. The van der Waals surface area contributed by atoms with Gasteiger partial charge in [0.15, 0.2) is 5.65 Å². The molecule has 0 saturated heterocycles. The van der Waals surface area contributed by atoms with E-state index < -0.39 is 0 Å². The van der Waals surface area contributed by atoms with Gasteiger partial charge in [0.1, 0.15) is 12.4 Å². The molecule has 0 spiro atoms. The maximum absolute atomic E-state index is 11.4. The van der Waals surface area contributed by atoms with Crippen LogP contribution < -0.4 is 16.2 Å². The van der Waals surface area contributed by atoms with Crippen molar-refractivity contribution in [3.8, 4) is 28.1 Å². The molecule has 2 heterocycles. The van der Waals surface area contributed by atoms with Crippen molar-refractivity contribution in [1.82, 2.24) is 15.0 Å². The Hall–Kier alpha value is -3.09. The maximum Gasteiger partial charge on any atom is 0.325 e. The number of ether oxygens (including phenoxy) is 1. The Kier molecular flexibility index (Phi) is 4.66. The third-order valence-electron chi connectivity index (χ3n) is 4.19. The molecule has 2 aromatic carbocycles. The monoisotopic (exact) mass is 380 g/mol. The first kappa shape index (κ1) is 17.3. The second-order valence-corrected chi connectivity index (χ2v) is 6.44. The van der Waals surface area contributed by atoms with E-state index >= 15 is 0 Å². The summed E-state index contributed by atoms with van der Waals surface area (Å²) in [4.78, 5) is 21.2. The molecule has 0 aliphatic rings. The van der Waals surface area contributed by atoms with Gasteiger partial charge >= 0.3 is 5.69 Å². The summed E-state index contributed by atoms with van der Waals surface area (Å²) in [5.41, 5.74) is 9.84. The van der Waals surface area contributed by atoms with Gasteiger partial charge in [0, 0.05) is 12.1 Å². The highest BCUT2D eigenvalue weighted by atomic mass is 35.5. The van der Waals surface area contributed by atoms with Gasteiger partial charge in [0.05, 0.1) is 16.2 Å². The number of nitrogens with two attached hydrogens (primary N) is 1. The molecule has 2 aromatic heterocycles. The number of H-pyrrole nitrogens is 2. The number of fused-ring (bicyclic) bond motifs is 1. The molecule has 7 heteroatoms. The van der Waals surface area contributed by atoms with Crippen LogP contribution >= 0.6 is 11.6 Å². The van der Waals surface area contributed by atoms with Crippen LogP contribution in [0.5, 0.6) is 5.75 Å². The van der Waals surface area contributed by atoms with Crippen LogP contribution in [0.25, 0.3) is 33.5 Å². The molecule has 6 nitrogen and oxygen atoms in total. The fourth-order valence-electron chi connectivity index (χ4n) is 2.88. The van der Waals surface area contributed by atoms with E-state index in [0.717, 1.165) is 22.4 Å². The highest BCUT2D eigenvalue weighted by Gasteiger charge is 2.10.